The molecule has 30 heavy (non-hydrogen) atoms. The summed E-state index contributed by atoms with van der Waals surface area (Å²) in [5.41, 5.74) is 4.35. The van der Waals surface area contributed by atoms with Crippen LogP contribution in [0.3, 0.4) is 0 Å². The molecule has 0 heterocycles. The Balaban J connectivity index is 1.89. The fourth-order valence-electron chi connectivity index (χ4n) is 2.17. The summed E-state index contributed by atoms with van der Waals surface area (Å²) >= 11 is 11.8. The second kappa shape index (κ2) is 10.6. The lowest BCUT2D eigenvalue weighted by molar-refractivity contribution is -0.139. The zero-order valence-corrected chi connectivity index (χ0v) is 17.8. The van der Waals surface area contributed by atoms with Crippen molar-refractivity contribution in [3.05, 3.63) is 46.4 Å². The summed E-state index contributed by atoms with van der Waals surface area (Å²) in [7, 11) is 2.88. The van der Waals surface area contributed by atoms with Gasteiger partial charge in [0, 0.05) is 11.1 Å². The molecule has 0 bridgehead atoms. The molecular weight excluding hydrogens is 437 g/mol. The fraction of sp³-hybridized carbons (Fsp3) is 0.211. The Morgan fingerprint density at radius 3 is 2.27 bits per heavy atom. The molecular formula is C19H19Cl2N3O6. The van der Waals surface area contributed by atoms with Crippen LogP contribution in [0.25, 0.3) is 0 Å². The average Bonchev–Trinajstić information content (AvgIpc) is 2.73. The molecule has 9 nitrogen and oxygen atoms in total. The van der Waals surface area contributed by atoms with E-state index in [9.17, 15) is 14.4 Å². The summed E-state index contributed by atoms with van der Waals surface area (Å²) in [5, 5.41) is 3.01. The van der Waals surface area contributed by atoms with Gasteiger partial charge in [0.2, 0.25) is 0 Å². The normalized spacial score (nSPS) is 11.1. The first-order valence-corrected chi connectivity index (χ1v) is 9.25. The number of carbonyl (C=O) groups excluding carboxylic acids is 3. The number of ether oxygens (including phenoxy) is 3. The van der Waals surface area contributed by atoms with Crippen LogP contribution in [0.5, 0.6) is 17.2 Å². The molecule has 0 spiro atoms. The van der Waals surface area contributed by atoms with E-state index >= 15 is 0 Å². The highest BCUT2D eigenvalue weighted by molar-refractivity contribution is 6.39. The Kier molecular flexibility index (Phi) is 8.14. The highest BCUT2D eigenvalue weighted by Crippen LogP contribution is 2.29. The van der Waals surface area contributed by atoms with Gasteiger partial charge >= 0.3 is 11.8 Å². The molecule has 2 aromatic carbocycles. The van der Waals surface area contributed by atoms with Gasteiger partial charge in [-0.25, -0.2) is 0 Å². The molecule has 0 fully saturated rings. The number of rotatable bonds is 6. The number of methoxy groups -OCH3 is 2. The van der Waals surface area contributed by atoms with E-state index in [2.05, 4.69) is 10.7 Å². The van der Waals surface area contributed by atoms with Gasteiger partial charge in [0.1, 0.15) is 17.2 Å². The van der Waals surface area contributed by atoms with Crippen LogP contribution in [0.15, 0.2) is 36.4 Å². The molecule has 0 unspecified atom stereocenters. The van der Waals surface area contributed by atoms with Crippen molar-refractivity contribution in [3.8, 4) is 17.2 Å². The minimum atomic E-state index is -1.10. The number of hydrazine groups is 1. The molecule has 3 N–H and O–H groups in total. The maximum Gasteiger partial charge on any atom is 0.328 e. The molecule has 0 radical (unpaired) electrons. The summed E-state index contributed by atoms with van der Waals surface area (Å²) in [6.07, 6.45) is -1.02. The molecule has 0 aliphatic rings. The number of hydrogen-bond acceptors (Lipinski definition) is 6. The summed E-state index contributed by atoms with van der Waals surface area (Å²) in [4.78, 5) is 36.1. The van der Waals surface area contributed by atoms with Gasteiger partial charge in [-0.3, -0.25) is 25.2 Å². The number of halogens is 2. The Morgan fingerprint density at radius 2 is 1.63 bits per heavy atom. The van der Waals surface area contributed by atoms with Crippen LogP contribution in [0, 0.1) is 0 Å². The van der Waals surface area contributed by atoms with E-state index < -0.39 is 23.8 Å². The number of anilines is 1. The van der Waals surface area contributed by atoms with Crippen LogP contribution in [-0.4, -0.2) is 38.0 Å². The lowest BCUT2D eigenvalue weighted by atomic mass is 10.2. The van der Waals surface area contributed by atoms with Crippen molar-refractivity contribution in [2.45, 2.75) is 13.0 Å². The molecule has 2 rings (SSSR count). The first kappa shape index (κ1) is 23.1. The van der Waals surface area contributed by atoms with Gasteiger partial charge in [0.05, 0.1) is 24.9 Å². The molecule has 11 heteroatoms. The molecule has 0 saturated heterocycles. The Morgan fingerprint density at radius 1 is 0.900 bits per heavy atom. The molecule has 3 amide bonds. The van der Waals surface area contributed by atoms with E-state index in [0.29, 0.717) is 16.5 Å². The van der Waals surface area contributed by atoms with Crippen molar-refractivity contribution in [1.82, 2.24) is 10.9 Å². The van der Waals surface area contributed by atoms with Crippen molar-refractivity contribution >= 4 is 46.6 Å². The lowest BCUT2D eigenvalue weighted by Gasteiger charge is -2.16. The SMILES string of the molecule is COc1ccc(NC(=O)C(=O)NNC(=O)[C@@H](C)Oc2ccc(Cl)cc2Cl)c(OC)c1. The summed E-state index contributed by atoms with van der Waals surface area (Å²) in [6, 6.07) is 9.14. The second-order valence-corrected chi connectivity index (χ2v) is 6.64. The van der Waals surface area contributed by atoms with Crippen molar-refractivity contribution in [3.63, 3.8) is 0 Å². The average molecular weight is 456 g/mol. The van der Waals surface area contributed by atoms with Gasteiger partial charge in [-0.2, -0.15) is 0 Å². The highest BCUT2D eigenvalue weighted by atomic mass is 35.5. The smallest absolute Gasteiger partial charge is 0.328 e. The van der Waals surface area contributed by atoms with Gasteiger partial charge in [0.25, 0.3) is 5.91 Å². The number of amides is 3. The largest absolute Gasteiger partial charge is 0.497 e. The van der Waals surface area contributed by atoms with E-state index in [1.165, 1.54) is 45.4 Å². The number of benzene rings is 2. The molecule has 160 valence electrons. The molecule has 2 aromatic rings. The topological polar surface area (TPSA) is 115 Å². The maximum absolute atomic E-state index is 12.1. The molecule has 0 aromatic heterocycles. The summed E-state index contributed by atoms with van der Waals surface area (Å²) in [5.74, 6) is -1.78. The van der Waals surface area contributed by atoms with Gasteiger partial charge < -0.3 is 19.5 Å². The third-order valence-electron chi connectivity index (χ3n) is 3.73. The van der Waals surface area contributed by atoms with Gasteiger partial charge in [-0.05, 0) is 37.3 Å². The molecule has 0 saturated carbocycles. The predicted molar refractivity (Wildman–Crippen MR) is 111 cm³/mol. The summed E-state index contributed by atoms with van der Waals surface area (Å²) in [6.45, 7) is 1.44. The van der Waals surface area contributed by atoms with E-state index in [-0.39, 0.29) is 16.5 Å². The quantitative estimate of drug-likeness (QED) is 0.455. The summed E-state index contributed by atoms with van der Waals surface area (Å²) < 4.78 is 15.6. The first-order valence-electron chi connectivity index (χ1n) is 8.50. The Hall–Kier alpha value is -3.17. The maximum atomic E-state index is 12.1. The number of hydrogen-bond donors (Lipinski definition) is 3. The second-order valence-electron chi connectivity index (χ2n) is 5.80. The van der Waals surface area contributed by atoms with Crippen LogP contribution in [0.1, 0.15) is 6.92 Å². The molecule has 0 aliphatic carbocycles. The predicted octanol–water partition coefficient (Wildman–Crippen LogP) is 2.56. The van der Waals surface area contributed by atoms with Crippen LogP contribution in [0.4, 0.5) is 5.69 Å². The van der Waals surface area contributed by atoms with Gasteiger partial charge in [0.15, 0.2) is 6.10 Å². The minimum absolute atomic E-state index is 0.221. The zero-order chi connectivity index (χ0) is 22.3. The van der Waals surface area contributed by atoms with Crippen molar-refractivity contribution in [2.24, 2.45) is 0 Å². The first-order chi connectivity index (χ1) is 14.2. The molecule has 0 aliphatic heterocycles. The Bertz CT molecular complexity index is 954. The van der Waals surface area contributed by atoms with E-state index in [1.807, 2.05) is 5.43 Å². The lowest BCUT2D eigenvalue weighted by Crippen LogP contribution is -2.50. The minimum Gasteiger partial charge on any atom is -0.497 e. The molecule has 1 atom stereocenters. The van der Waals surface area contributed by atoms with Crippen molar-refractivity contribution in [2.75, 3.05) is 19.5 Å². The van der Waals surface area contributed by atoms with Gasteiger partial charge in [-0.1, -0.05) is 23.2 Å². The zero-order valence-electron chi connectivity index (χ0n) is 16.2. The highest BCUT2D eigenvalue weighted by Gasteiger charge is 2.20. The van der Waals surface area contributed by atoms with Crippen LogP contribution < -0.4 is 30.4 Å². The standard InChI is InChI=1S/C19H19Cl2N3O6/c1-10(30-15-7-4-11(20)8-13(15)21)17(25)23-24-19(27)18(26)22-14-6-5-12(28-2)9-16(14)29-3/h4-10H,1-3H3,(H,22,26)(H,23,25)(H,24,27)/t10-/m1/s1. The Labute approximate surface area is 182 Å². The van der Waals surface area contributed by atoms with Crippen molar-refractivity contribution < 1.29 is 28.6 Å². The number of nitrogens with one attached hydrogen (secondary N) is 3. The van der Waals surface area contributed by atoms with E-state index in [1.54, 1.807) is 12.1 Å². The van der Waals surface area contributed by atoms with Crippen LogP contribution in [-0.2, 0) is 14.4 Å². The monoisotopic (exact) mass is 455 g/mol. The van der Waals surface area contributed by atoms with Gasteiger partial charge in [-0.15, -0.1) is 0 Å². The van der Waals surface area contributed by atoms with Crippen LogP contribution >= 0.6 is 23.2 Å². The third kappa shape index (κ3) is 6.16. The van der Waals surface area contributed by atoms with E-state index in [4.69, 9.17) is 37.4 Å². The third-order valence-corrected chi connectivity index (χ3v) is 4.26. The van der Waals surface area contributed by atoms with Crippen LogP contribution in [0.2, 0.25) is 10.0 Å². The number of carbonyl (C=O) groups is 3. The van der Waals surface area contributed by atoms with E-state index in [0.717, 1.165) is 0 Å². The van der Waals surface area contributed by atoms with Crippen molar-refractivity contribution in [1.29, 1.82) is 0 Å². The fourth-order valence-corrected chi connectivity index (χ4v) is 2.63.